The van der Waals surface area contributed by atoms with Gasteiger partial charge in [-0.3, -0.25) is 14.5 Å². The minimum Gasteiger partial charge on any atom is -0.313 e. The minimum atomic E-state index is -0.839. The van der Waals surface area contributed by atoms with Crippen LogP contribution in [0.4, 0.5) is 0 Å². The fourth-order valence-corrected chi connectivity index (χ4v) is 3.09. The van der Waals surface area contributed by atoms with Crippen LogP contribution in [0, 0.1) is 28.6 Å². The Morgan fingerprint density at radius 1 is 1.37 bits per heavy atom. The first-order chi connectivity index (χ1) is 8.78. The van der Waals surface area contributed by atoms with Crippen molar-refractivity contribution in [3.05, 3.63) is 0 Å². The number of nitriles is 1. The van der Waals surface area contributed by atoms with Gasteiger partial charge in [-0.15, -0.1) is 0 Å². The average Bonchev–Trinajstić information content (AvgIpc) is 2.84. The van der Waals surface area contributed by atoms with Crippen molar-refractivity contribution in [1.29, 1.82) is 5.26 Å². The summed E-state index contributed by atoms with van der Waals surface area (Å²) in [5, 5.41) is 8.98. The molecule has 2 rings (SSSR count). The van der Waals surface area contributed by atoms with Gasteiger partial charge < -0.3 is 5.73 Å². The Labute approximate surface area is 113 Å². The van der Waals surface area contributed by atoms with Gasteiger partial charge in [0, 0.05) is 6.54 Å². The maximum absolute atomic E-state index is 12.1. The average molecular weight is 263 g/mol. The lowest BCUT2D eigenvalue weighted by molar-refractivity contribution is -0.143. The number of imide groups is 1. The van der Waals surface area contributed by atoms with Crippen LogP contribution in [-0.4, -0.2) is 28.8 Å². The molecule has 0 aromatic carbocycles. The van der Waals surface area contributed by atoms with Crippen LogP contribution in [-0.2, 0) is 9.59 Å². The third kappa shape index (κ3) is 2.04. The zero-order valence-corrected chi connectivity index (χ0v) is 11.8. The van der Waals surface area contributed by atoms with Crippen LogP contribution in [0.15, 0.2) is 0 Å². The number of carbonyl (C=O) groups excluding carboxylic acids is 2. The van der Waals surface area contributed by atoms with Crippen molar-refractivity contribution in [3.63, 3.8) is 0 Å². The molecule has 2 N–H and O–H groups in total. The van der Waals surface area contributed by atoms with Crippen LogP contribution in [0.5, 0.6) is 0 Å². The zero-order valence-electron chi connectivity index (χ0n) is 11.8. The van der Waals surface area contributed by atoms with E-state index in [0.29, 0.717) is 25.8 Å². The number of likely N-dealkylation sites (tertiary alicyclic amines) is 1. The molecule has 1 aliphatic heterocycles. The number of rotatable bonds is 5. The Morgan fingerprint density at radius 2 is 1.89 bits per heavy atom. The summed E-state index contributed by atoms with van der Waals surface area (Å²) in [6.07, 6.45) is 1.68. The van der Waals surface area contributed by atoms with E-state index < -0.39 is 5.54 Å². The molecule has 2 amide bonds. The molecule has 0 aromatic heterocycles. The lowest BCUT2D eigenvalue weighted by Crippen LogP contribution is -2.40. The first kappa shape index (κ1) is 14.0. The molecule has 1 aliphatic carbocycles. The molecule has 0 aromatic rings. The molecule has 104 valence electrons. The molecular formula is C14H21N3O2. The summed E-state index contributed by atoms with van der Waals surface area (Å²) < 4.78 is 0. The lowest BCUT2D eigenvalue weighted by Gasteiger charge is -2.23. The van der Waals surface area contributed by atoms with Crippen molar-refractivity contribution < 1.29 is 9.59 Å². The fraction of sp³-hybridized carbons (Fsp3) is 0.786. The molecule has 0 bridgehead atoms. The van der Waals surface area contributed by atoms with Crippen molar-refractivity contribution in [1.82, 2.24) is 4.90 Å². The SMILES string of the molecule is CCC(N)(C#N)CCCN1C(=O)C2C(C1=O)C2(C)C. The molecule has 19 heavy (non-hydrogen) atoms. The fourth-order valence-electron chi connectivity index (χ4n) is 3.09. The number of nitrogens with two attached hydrogens (primary N) is 1. The topological polar surface area (TPSA) is 87.2 Å². The van der Waals surface area contributed by atoms with Gasteiger partial charge >= 0.3 is 0 Å². The molecule has 1 saturated carbocycles. The maximum atomic E-state index is 12.1. The van der Waals surface area contributed by atoms with Gasteiger partial charge in [0.25, 0.3) is 0 Å². The highest BCUT2D eigenvalue weighted by Crippen LogP contribution is 2.63. The van der Waals surface area contributed by atoms with E-state index >= 15 is 0 Å². The quantitative estimate of drug-likeness (QED) is 0.751. The van der Waals surface area contributed by atoms with Crippen LogP contribution in [0.2, 0.25) is 0 Å². The number of hydrogen-bond donors (Lipinski definition) is 1. The summed E-state index contributed by atoms with van der Waals surface area (Å²) >= 11 is 0. The highest BCUT2D eigenvalue weighted by atomic mass is 16.2. The highest BCUT2D eigenvalue weighted by Gasteiger charge is 2.72. The number of amides is 2. The second-order valence-electron chi connectivity index (χ2n) is 6.33. The Kier molecular flexibility index (Phi) is 3.18. The van der Waals surface area contributed by atoms with Crippen LogP contribution >= 0.6 is 0 Å². The number of nitrogens with zero attached hydrogens (tertiary/aromatic N) is 2. The second kappa shape index (κ2) is 4.31. The first-order valence-corrected chi connectivity index (χ1v) is 6.84. The highest BCUT2D eigenvalue weighted by molar-refractivity contribution is 6.10. The summed E-state index contributed by atoms with van der Waals surface area (Å²) in [4.78, 5) is 25.5. The molecule has 3 atom stereocenters. The smallest absolute Gasteiger partial charge is 0.233 e. The summed E-state index contributed by atoms with van der Waals surface area (Å²) in [7, 11) is 0. The zero-order chi connectivity index (χ0) is 14.4. The Hall–Kier alpha value is -1.41. The largest absolute Gasteiger partial charge is 0.313 e. The van der Waals surface area contributed by atoms with Crippen molar-refractivity contribution in [2.75, 3.05) is 6.54 Å². The van der Waals surface area contributed by atoms with Crippen LogP contribution < -0.4 is 5.73 Å². The summed E-state index contributed by atoms with van der Waals surface area (Å²) in [6, 6.07) is 2.10. The summed E-state index contributed by atoms with van der Waals surface area (Å²) in [6.45, 7) is 6.19. The van der Waals surface area contributed by atoms with E-state index in [0.717, 1.165) is 0 Å². The normalized spacial score (nSPS) is 30.8. The van der Waals surface area contributed by atoms with E-state index in [9.17, 15) is 9.59 Å². The molecule has 0 radical (unpaired) electrons. The number of carbonyl (C=O) groups is 2. The Bertz CT molecular complexity index is 442. The molecule has 3 unspecified atom stereocenters. The minimum absolute atomic E-state index is 0.0453. The first-order valence-electron chi connectivity index (χ1n) is 6.84. The molecule has 2 aliphatic rings. The number of hydrogen-bond acceptors (Lipinski definition) is 4. The van der Waals surface area contributed by atoms with E-state index in [1.54, 1.807) is 0 Å². The van der Waals surface area contributed by atoms with Gasteiger partial charge in [-0.05, 0) is 24.7 Å². The van der Waals surface area contributed by atoms with Crippen LogP contribution in [0.3, 0.4) is 0 Å². The van der Waals surface area contributed by atoms with E-state index in [1.165, 1.54) is 4.90 Å². The Balaban J connectivity index is 1.89. The van der Waals surface area contributed by atoms with E-state index in [4.69, 9.17) is 11.0 Å². The maximum Gasteiger partial charge on any atom is 0.233 e. The van der Waals surface area contributed by atoms with Gasteiger partial charge in [0.05, 0.1) is 17.9 Å². The molecule has 1 saturated heterocycles. The van der Waals surface area contributed by atoms with Crippen molar-refractivity contribution in [2.45, 2.75) is 45.6 Å². The van der Waals surface area contributed by atoms with E-state index in [2.05, 4.69) is 6.07 Å². The van der Waals surface area contributed by atoms with Crippen LogP contribution in [0.25, 0.3) is 0 Å². The monoisotopic (exact) mass is 263 g/mol. The second-order valence-corrected chi connectivity index (χ2v) is 6.33. The number of fused-ring (bicyclic) bond motifs is 1. The van der Waals surface area contributed by atoms with Gasteiger partial charge in [0.2, 0.25) is 11.8 Å². The summed E-state index contributed by atoms with van der Waals surface area (Å²) in [5.41, 5.74) is 4.89. The number of piperidine rings is 1. The van der Waals surface area contributed by atoms with E-state index in [-0.39, 0.29) is 29.1 Å². The summed E-state index contributed by atoms with van der Waals surface area (Å²) in [5.74, 6) is -0.332. The molecule has 5 heteroatoms. The van der Waals surface area contributed by atoms with Crippen LogP contribution in [0.1, 0.15) is 40.0 Å². The van der Waals surface area contributed by atoms with Crippen molar-refractivity contribution >= 4 is 11.8 Å². The predicted molar refractivity (Wildman–Crippen MR) is 69.5 cm³/mol. The molecule has 5 nitrogen and oxygen atoms in total. The van der Waals surface area contributed by atoms with Gasteiger partial charge in [0.15, 0.2) is 0 Å². The van der Waals surface area contributed by atoms with E-state index in [1.807, 2.05) is 20.8 Å². The third-order valence-electron chi connectivity index (χ3n) is 4.75. The van der Waals surface area contributed by atoms with Crippen molar-refractivity contribution in [2.24, 2.45) is 23.0 Å². The Morgan fingerprint density at radius 3 is 2.32 bits per heavy atom. The van der Waals surface area contributed by atoms with Gasteiger partial charge in [0.1, 0.15) is 5.54 Å². The third-order valence-corrected chi connectivity index (χ3v) is 4.75. The molecule has 2 fully saturated rings. The van der Waals surface area contributed by atoms with Gasteiger partial charge in [-0.2, -0.15) is 5.26 Å². The predicted octanol–water partition coefficient (Wildman–Crippen LogP) is 1.04. The van der Waals surface area contributed by atoms with Gasteiger partial charge in [-0.25, -0.2) is 0 Å². The molecule has 0 spiro atoms. The molecular weight excluding hydrogens is 242 g/mol. The lowest BCUT2D eigenvalue weighted by atomic mass is 9.93. The van der Waals surface area contributed by atoms with Crippen molar-refractivity contribution in [3.8, 4) is 6.07 Å². The van der Waals surface area contributed by atoms with Gasteiger partial charge in [-0.1, -0.05) is 20.8 Å². The standard InChI is InChI=1S/C14H21N3O2/c1-4-14(16,8-15)6-5-7-17-11(18)9-10(12(17)19)13(9,2)3/h9-10H,4-7,16H2,1-3H3. The molecule has 1 heterocycles.